The molecule has 0 saturated heterocycles. The SMILES string of the molecule is CCOc1ccc(C(=O)CCC(=O)Nc2cccc(N3C(=O)c4ccccc4C3=O)c2)cc1. The minimum atomic E-state index is -0.403. The number of nitrogens with one attached hydrogen (secondary N) is 1. The molecule has 0 saturated carbocycles. The molecular weight excluding hydrogens is 420 g/mol. The second-order valence-electron chi connectivity index (χ2n) is 7.47. The molecule has 0 fully saturated rings. The van der Waals surface area contributed by atoms with E-state index >= 15 is 0 Å². The lowest BCUT2D eigenvalue weighted by Crippen LogP contribution is -2.29. The van der Waals surface area contributed by atoms with Gasteiger partial charge in [0.2, 0.25) is 5.91 Å². The molecule has 4 rings (SSSR count). The van der Waals surface area contributed by atoms with Crippen molar-refractivity contribution in [2.24, 2.45) is 0 Å². The predicted octanol–water partition coefficient (Wildman–Crippen LogP) is 4.49. The Kier molecular flexibility index (Phi) is 6.31. The van der Waals surface area contributed by atoms with Crippen LogP contribution in [0.3, 0.4) is 0 Å². The molecular formula is C26H22N2O5. The van der Waals surface area contributed by atoms with Gasteiger partial charge in [-0.05, 0) is 61.5 Å². The van der Waals surface area contributed by atoms with Crippen LogP contribution in [-0.4, -0.2) is 30.1 Å². The summed E-state index contributed by atoms with van der Waals surface area (Å²) in [4.78, 5) is 51.2. The van der Waals surface area contributed by atoms with Gasteiger partial charge in [-0.2, -0.15) is 0 Å². The average Bonchev–Trinajstić information content (AvgIpc) is 3.08. The first-order chi connectivity index (χ1) is 16.0. The number of carbonyl (C=O) groups excluding carboxylic acids is 4. The number of ketones is 1. The highest BCUT2D eigenvalue weighted by Crippen LogP contribution is 2.29. The number of fused-ring (bicyclic) bond motifs is 1. The van der Waals surface area contributed by atoms with Crippen LogP contribution in [0, 0.1) is 0 Å². The molecule has 166 valence electrons. The number of hydrogen-bond donors (Lipinski definition) is 1. The molecule has 1 N–H and O–H groups in total. The van der Waals surface area contributed by atoms with Gasteiger partial charge in [0.25, 0.3) is 11.8 Å². The lowest BCUT2D eigenvalue weighted by atomic mass is 10.1. The summed E-state index contributed by atoms with van der Waals surface area (Å²) in [5.74, 6) is -0.605. The smallest absolute Gasteiger partial charge is 0.266 e. The fourth-order valence-electron chi connectivity index (χ4n) is 3.65. The predicted molar refractivity (Wildman–Crippen MR) is 124 cm³/mol. The number of benzene rings is 3. The van der Waals surface area contributed by atoms with Gasteiger partial charge in [-0.1, -0.05) is 18.2 Å². The lowest BCUT2D eigenvalue weighted by Gasteiger charge is -2.15. The van der Waals surface area contributed by atoms with E-state index in [0.717, 1.165) is 4.90 Å². The zero-order chi connectivity index (χ0) is 23.4. The van der Waals surface area contributed by atoms with Crippen molar-refractivity contribution in [1.82, 2.24) is 0 Å². The van der Waals surface area contributed by atoms with Crippen molar-refractivity contribution < 1.29 is 23.9 Å². The fourth-order valence-corrected chi connectivity index (χ4v) is 3.65. The van der Waals surface area contributed by atoms with Crippen LogP contribution in [0.5, 0.6) is 5.75 Å². The molecule has 0 bridgehead atoms. The van der Waals surface area contributed by atoms with Gasteiger partial charge in [0.15, 0.2) is 5.78 Å². The summed E-state index contributed by atoms with van der Waals surface area (Å²) in [6, 6.07) is 20.0. The second-order valence-corrected chi connectivity index (χ2v) is 7.47. The topological polar surface area (TPSA) is 92.8 Å². The van der Waals surface area contributed by atoms with Gasteiger partial charge in [-0.15, -0.1) is 0 Å². The second kappa shape index (κ2) is 9.48. The highest BCUT2D eigenvalue weighted by atomic mass is 16.5. The number of rotatable bonds is 8. The van der Waals surface area contributed by atoms with Crippen LogP contribution in [0.1, 0.15) is 50.8 Å². The summed E-state index contributed by atoms with van der Waals surface area (Å²) in [6.45, 7) is 2.43. The Labute approximate surface area is 191 Å². The summed E-state index contributed by atoms with van der Waals surface area (Å²) >= 11 is 0. The van der Waals surface area contributed by atoms with E-state index in [0.29, 0.717) is 40.4 Å². The number of anilines is 2. The van der Waals surface area contributed by atoms with Gasteiger partial charge < -0.3 is 10.1 Å². The maximum atomic E-state index is 12.7. The highest BCUT2D eigenvalue weighted by Gasteiger charge is 2.36. The van der Waals surface area contributed by atoms with Crippen molar-refractivity contribution in [1.29, 1.82) is 0 Å². The number of amides is 3. The number of Topliss-reactive ketones (excluding diaryl/α,β-unsaturated/α-hetero) is 1. The maximum Gasteiger partial charge on any atom is 0.266 e. The normalized spacial score (nSPS) is 12.5. The van der Waals surface area contributed by atoms with Crippen LogP contribution in [0.4, 0.5) is 11.4 Å². The van der Waals surface area contributed by atoms with E-state index < -0.39 is 11.8 Å². The molecule has 7 nitrogen and oxygen atoms in total. The number of hydrogen-bond acceptors (Lipinski definition) is 5. The molecule has 0 spiro atoms. The van der Waals surface area contributed by atoms with Gasteiger partial charge in [0.1, 0.15) is 5.75 Å². The van der Waals surface area contributed by atoms with E-state index in [2.05, 4.69) is 5.32 Å². The van der Waals surface area contributed by atoms with E-state index in [-0.39, 0.29) is 24.5 Å². The number of ether oxygens (including phenoxy) is 1. The fraction of sp³-hybridized carbons (Fsp3) is 0.154. The quantitative estimate of drug-likeness (QED) is 0.410. The Bertz CT molecular complexity index is 1200. The third-order valence-corrected chi connectivity index (χ3v) is 5.25. The highest BCUT2D eigenvalue weighted by molar-refractivity contribution is 6.34. The Morgan fingerprint density at radius 3 is 2.15 bits per heavy atom. The largest absolute Gasteiger partial charge is 0.494 e. The molecule has 1 heterocycles. The zero-order valence-corrected chi connectivity index (χ0v) is 18.0. The van der Waals surface area contributed by atoms with Gasteiger partial charge in [0.05, 0.1) is 23.4 Å². The molecule has 0 aliphatic carbocycles. The molecule has 0 radical (unpaired) electrons. The molecule has 0 unspecified atom stereocenters. The van der Waals surface area contributed by atoms with Gasteiger partial charge >= 0.3 is 0 Å². The maximum absolute atomic E-state index is 12.7. The van der Waals surface area contributed by atoms with Crippen LogP contribution < -0.4 is 15.0 Å². The van der Waals surface area contributed by atoms with Crippen LogP contribution in [-0.2, 0) is 4.79 Å². The molecule has 7 heteroatoms. The van der Waals surface area contributed by atoms with Gasteiger partial charge in [0, 0.05) is 24.1 Å². The molecule has 3 aromatic rings. The summed E-state index contributed by atoms with van der Waals surface area (Å²) in [6.07, 6.45) is 0.0567. The first-order valence-corrected chi connectivity index (χ1v) is 10.6. The lowest BCUT2D eigenvalue weighted by molar-refractivity contribution is -0.116. The molecule has 1 aliphatic rings. The van der Waals surface area contributed by atoms with Gasteiger partial charge in [-0.3, -0.25) is 19.2 Å². The van der Waals surface area contributed by atoms with E-state index in [1.165, 1.54) is 0 Å². The molecule has 3 amide bonds. The molecule has 33 heavy (non-hydrogen) atoms. The molecule has 0 atom stereocenters. The van der Waals surface area contributed by atoms with Crippen LogP contribution in [0.15, 0.2) is 72.8 Å². The minimum Gasteiger partial charge on any atom is -0.494 e. The number of nitrogens with zero attached hydrogens (tertiary/aromatic N) is 1. The zero-order valence-electron chi connectivity index (χ0n) is 18.0. The minimum absolute atomic E-state index is 0.00326. The van der Waals surface area contributed by atoms with Crippen molar-refractivity contribution in [3.05, 3.63) is 89.5 Å². The standard InChI is InChI=1S/C26H22N2O5/c1-2-33-20-12-10-17(11-13-20)23(29)14-15-24(30)27-18-6-5-7-19(16-18)28-25(31)21-8-3-4-9-22(21)26(28)32/h3-13,16H,2,14-15H2,1H3,(H,27,30). The van der Waals surface area contributed by atoms with Crippen molar-refractivity contribution in [2.45, 2.75) is 19.8 Å². The Morgan fingerprint density at radius 1 is 0.848 bits per heavy atom. The molecule has 3 aromatic carbocycles. The van der Waals surface area contributed by atoms with Gasteiger partial charge in [-0.25, -0.2) is 4.90 Å². The van der Waals surface area contributed by atoms with E-state index in [1.807, 2.05) is 6.92 Å². The summed E-state index contributed by atoms with van der Waals surface area (Å²) < 4.78 is 5.36. The third-order valence-electron chi connectivity index (χ3n) is 5.25. The third kappa shape index (κ3) is 4.67. The Morgan fingerprint density at radius 2 is 1.52 bits per heavy atom. The monoisotopic (exact) mass is 442 g/mol. The van der Waals surface area contributed by atoms with Crippen LogP contribution in [0.2, 0.25) is 0 Å². The molecule has 1 aliphatic heterocycles. The first kappa shape index (κ1) is 22.0. The van der Waals surface area contributed by atoms with Crippen LogP contribution in [0.25, 0.3) is 0 Å². The Hall–Kier alpha value is -4.26. The molecule has 0 aromatic heterocycles. The van der Waals surface area contributed by atoms with E-state index in [9.17, 15) is 19.2 Å². The van der Waals surface area contributed by atoms with Crippen molar-refractivity contribution in [2.75, 3.05) is 16.8 Å². The van der Waals surface area contributed by atoms with Crippen molar-refractivity contribution in [3.8, 4) is 5.75 Å². The van der Waals surface area contributed by atoms with Crippen molar-refractivity contribution in [3.63, 3.8) is 0 Å². The van der Waals surface area contributed by atoms with Crippen LogP contribution >= 0.6 is 0 Å². The van der Waals surface area contributed by atoms with E-state index in [4.69, 9.17) is 4.74 Å². The number of carbonyl (C=O) groups is 4. The first-order valence-electron chi connectivity index (χ1n) is 10.6. The average molecular weight is 442 g/mol. The van der Waals surface area contributed by atoms with E-state index in [1.54, 1.807) is 72.8 Å². The van der Waals surface area contributed by atoms with Crippen molar-refractivity contribution >= 4 is 34.9 Å². The summed E-state index contributed by atoms with van der Waals surface area (Å²) in [7, 11) is 0. The summed E-state index contributed by atoms with van der Waals surface area (Å²) in [5.41, 5.74) is 2.01. The number of imide groups is 1. The Balaban J connectivity index is 1.38. The summed E-state index contributed by atoms with van der Waals surface area (Å²) in [5, 5.41) is 2.73.